The van der Waals surface area contributed by atoms with Gasteiger partial charge in [0.25, 0.3) is 0 Å². The third-order valence-electron chi connectivity index (χ3n) is 5.03. The molecule has 6 heteroatoms. The Labute approximate surface area is 147 Å². The van der Waals surface area contributed by atoms with Crippen LogP contribution in [0.25, 0.3) is 16.6 Å². The van der Waals surface area contributed by atoms with Crippen molar-refractivity contribution in [3.05, 3.63) is 40.7 Å². The predicted octanol–water partition coefficient (Wildman–Crippen LogP) is 2.92. The minimum absolute atomic E-state index is 0.769. The molecule has 1 aromatic carbocycles. The van der Waals surface area contributed by atoms with Gasteiger partial charge in [0.05, 0.1) is 12.2 Å². The maximum Gasteiger partial charge on any atom is 0.204 e. The molecule has 126 valence electrons. The van der Waals surface area contributed by atoms with Gasteiger partial charge in [0.1, 0.15) is 0 Å². The Morgan fingerprint density at radius 2 is 1.79 bits per heavy atom. The van der Waals surface area contributed by atoms with E-state index in [0.29, 0.717) is 0 Å². The number of piperazine rings is 1. The Balaban J connectivity index is 1.71. The minimum Gasteiger partial charge on any atom is -0.301 e. The van der Waals surface area contributed by atoms with E-state index in [1.807, 2.05) is 4.68 Å². The van der Waals surface area contributed by atoms with Gasteiger partial charge in [0.2, 0.25) is 4.77 Å². The van der Waals surface area contributed by atoms with E-state index in [2.05, 4.69) is 58.4 Å². The molecule has 4 rings (SSSR count). The third-order valence-corrected chi connectivity index (χ3v) is 5.42. The fourth-order valence-corrected chi connectivity index (χ4v) is 3.84. The summed E-state index contributed by atoms with van der Waals surface area (Å²) in [5, 5.41) is 6.01. The van der Waals surface area contributed by atoms with Gasteiger partial charge in [0, 0.05) is 31.6 Å². The fourth-order valence-electron chi connectivity index (χ4n) is 3.55. The topological polar surface area (TPSA) is 28.7 Å². The Morgan fingerprint density at radius 3 is 2.54 bits per heavy atom. The van der Waals surface area contributed by atoms with Crippen molar-refractivity contribution in [1.82, 2.24) is 24.0 Å². The highest BCUT2D eigenvalue weighted by Crippen LogP contribution is 2.21. The number of benzene rings is 1. The highest BCUT2D eigenvalue weighted by atomic mass is 32.1. The van der Waals surface area contributed by atoms with Crippen molar-refractivity contribution in [3.8, 4) is 0 Å². The van der Waals surface area contributed by atoms with Crippen molar-refractivity contribution in [3.63, 3.8) is 0 Å². The summed E-state index contributed by atoms with van der Waals surface area (Å²) in [4.78, 5) is 4.92. The van der Waals surface area contributed by atoms with Gasteiger partial charge in [-0.05, 0) is 43.4 Å². The number of hydrogen-bond donors (Lipinski definition) is 0. The molecule has 0 N–H and O–H groups in total. The number of aryl methyl sites for hydroxylation is 1. The van der Waals surface area contributed by atoms with Crippen LogP contribution in [0.1, 0.15) is 12.5 Å². The van der Waals surface area contributed by atoms with Gasteiger partial charge in [-0.1, -0.05) is 25.1 Å². The first kappa shape index (κ1) is 15.7. The third kappa shape index (κ3) is 2.64. The number of nitrogens with zero attached hydrogens (tertiary/aromatic N) is 5. The van der Waals surface area contributed by atoms with Gasteiger partial charge in [-0.25, -0.2) is 4.68 Å². The van der Waals surface area contributed by atoms with Gasteiger partial charge in [-0.3, -0.25) is 9.30 Å². The molecule has 0 radical (unpaired) electrons. The van der Waals surface area contributed by atoms with Crippen molar-refractivity contribution in [2.75, 3.05) is 32.7 Å². The lowest BCUT2D eigenvalue weighted by atomic mass is 10.1. The molecule has 2 aromatic heterocycles. The fraction of sp³-hybridized carbons (Fsp3) is 0.444. The monoisotopic (exact) mass is 341 g/mol. The minimum atomic E-state index is 0.769. The van der Waals surface area contributed by atoms with Crippen molar-refractivity contribution in [1.29, 1.82) is 0 Å². The number of pyridine rings is 1. The van der Waals surface area contributed by atoms with Gasteiger partial charge in [-0.2, -0.15) is 5.10 Å². The van der Waals surface area contributed by atoms with E-state index in [1.54, 1.807) is 0 Å². The quantitative estimate of drug-likeness (QED) is 0.685. The normalized spacial score (nSPS) is 17.1. The highest BCUT2D eigenvalue weighted by Gasteiger charge is 2.17. The molecule has 5 nitrogen and oxygen atoms in total. The molecule has 0 bridgehead atoms. The predicted molar refractivity (Wildman–Crippen MR) is 99.9 cm³/mol. The molecule has 1 saturated heterocycles. The first-order valence-corrected chi connectivity index (χ1v) is 9.01. The van der Waals surface area contributed by atoms with E-state index in [0.717, 1.165) is 55.3 Å². The smallest absolute Gasteiger partial charge is 0.204 e. The summed E-state index contributed by atoms with van der Waals surface area (Å²) in [6.45, 7) is 10.7. The van der Waals surface area contributed by atoms with Crippen LogP contribution in [0.5, 0.6) is 0 Å². The summed E-state index contributed by atoms with van der Waals surface area (Å²) in [6.07, 6.45) is 0. The zero-order chi connectivity index (χ0) is 16.7. The molecule has 0 atom stereocenters. The summed E-state index contributed by atoms with van der Waals surface area (Å²) in [7, 11) is 0. The first-order valence-electron chi connectivity index (χ1n) is 8.60. The number of aromatic nitrogens is 3. The van der Waals surface area contributed by atoms with E-state index in [-0.39, 0.29) is 0 Å². The standard InChI is InChI=1S/C18H23N5S/c1-3-20-8-10-21(11-9-20)13-22-18(24)23-16-7-5-4-6-15(16)14(2)12-17(23)19-22/h4-7,12H,3,8-11,13H2,1-2H3. The number of hydrogen-bond acceptors (Lipinski definition) is 4. The molecule has 3 heterocycles. The van der Waals surface area contributed by atoms with Crippen LogP contribution in [0.2, 0.25) is 0 Å². The van der Waals surface area contributed by atoms with Crippen molar-refractivity contribution >= 4 is 28.8 Å². The zero-order valence-electron chi connectivity index (χ0n) is 14.3. The summed E-state index contributed by atoms with van der Waals surface area (Å²) in [5.41, 5.74) is 3.31. The number of rotatable bonds is 3. The summed E-state index contributed by atoms with van der Waals surface area (Å²) >= 11 is 5.74. The molecular formula is C18H23N5S. The molecule has 3 aromatic rings. The Hall–Kier alpha value is -1.76. The Bertz CT molecular complexity index is 934. The molecule has 0 saturated carbocycles. The second-order valence-electron chi connectivity index (χ2n) is 6.51. The zero-order valence-corrected chi connectivity index (χ0v) is 15.1. The van der Waals surface area contributed by atoms with E-state index in [9.17, 15) is 0 Å². The van der Waals surface area contributed by atoms with Crippen molar-refractivity contribution < 1.29 is 0 Å². The van der Waals surface area contributed by atoms with Crippen LogP contribution >= 0.6 is 12.2 Å². The van der Waals surface area contributed by atoms with E-state index < -0.39 is 0 Å². The Kier molecular flexibility index (Phi) is 4.12. The lowest BCUT2D eigenvalue weighted by Gasteiger charge is -2.33. The molecule has 0 amide bonds. The van der Waals surface area contributed by atoms with Gasteiger partial charge < -0.3 is 4.90 Å². The van der Waals surface area contributed by atoms with Crippen molar-refractivity contribution in [2.24, 2.45) is 0 Å². The molecule has 1 aliphatic rings. The maximum absolute atomic E-state index is 5.74. The molecule has 0 unspecified atom stereocenters. The van der Waals surface area contributed by atoms with Crippen LogP contribution in [0.4, 0.5) is 0 Å². The average molecular weight is 341 g/mol. The summed E-state index contributed by atoms with van der Waals surface area (Å²) in [5.74, 6) is 0. The average Bonchev–Trinajstić information content (AvgIpc) is 2.91. The van der Waals surface area contributed by atoms with E-state index >= 15 is 0 Å². The van der Waals surface area contributed by atoms with E-state index in [4.69, 9.17) is 17.3 Å². The second kappa shape index (κ2) is 6.27. The van der Waals surface area contributed by atoms with Crippen LogP contribution in [0.15, 0.2) is 30.3 Å². The SMILES string of the molecule is CCN1CCN(Cn2nc3cc(C)c4ccccc4n3c2=S)CC1. The highest BCUT2D eigenvalue weighted by molar-refractivity contribution is 7.71. The number of fused-ring (bicyclic) bond motifs is 3. The molecular weight excluding hydrogens is 318 g/mol. The van der Waals surface area contributed by atoms with Crippen molar-refractivity contribution in [2.45, 2.75) is 20.5 Å². The maximum atomic E-state index is 5.74. The molecule has 0 spiro atoms. The first-order chi connectivity index (χ1) is 11.7. The lowest BCUT2D eigenvalue weighted by Crippen LogP contribution is -2.46. The van der Waals surface area contributed by atoms with Gasteiger partial charge >= 0.3 is 0 Å². The molecule has 1 fully saturated rings. The van der Waals surface area contributed by atoms with Crippen LogP contribution in [-0.4, -0.2) is 56.7 Å². The largest absolute Gasteiger partial charge is 0.301 e. The van der Waals surface area contributed by atoms with Gasteiger partial charge in [-0.15, -0.1) is 0 Å². The second-order valence-corrected chi connectivity index (χ2v) is 6.88. The number of para-hydroxylation sites is 1. The van der Waals surface area contributed by atoms with Crippen LogP contribution in [0.3, 0.4) is 0 Å². The number of likely N-dealkylation sites (N-methyl/N-ethyl adjacent to an activating group) is 1. The Morgan fingerprint density at radius 1 is 1.08 bits per heavy atom. The van der Waals surface area contributed by atoms with E-state index in [1.165, 1.54) is 10.9 Å². The van der Waals surface area contributed by atoms with Gasteiger partial charge in [0.15, 0.2) is 5.65 Å². The van der Waals surface area contributed by atoms with Crippen LogP contribution in [0, 0.1) is 11.7 Å². The summed E-state index contributed by atoms with van der Waals surface area (Å²) in [6, 6.07) is 10.5. The molecule has 0 aliphatic carbocycles. The molecule has 24 heavy (non-hydrogen) atoms. The van der Waals surface area contributed by atoms with Crippen LogP contribution < -0.4 is 0 Å². The van der Waals surface area contributed by atoms with Crippen LogP contribution in [-0.2, 0) is 6.67 Å². The summed E-state index contributed by atoms with van der Waals surface area (Å²) < 4.78 is 4.84. The lowest BCUT2D eigenvalue weighted by molar-refractivity contribution is 0.106. The molecule has 1 aliphatic heterocycles.